The Labute approximate surface area is 315 Å². The van der Waals surface area contributed by atoms with Crippen LogP contribution in [0.4, 0.5) is 0 Å². The van der Waals surface area contributed by atoms with Crippen LogP contribution in [0.3, 0.4) is 0 Å². The van der Waals surface area contributed by atoms with Crippen molar-refractivity contribution in [2.24, 2.45) is 0 Å². The summed E-state index contributed by atoms with van der Waals surface area (Å²) in [5.41, 5.74) is 8.03. The maximum Gasteiger partial charge on any atom is 0.303 e. The van der Waals surface area contributed by atoms with Gasteiger partial charge in [0.2, 0.25) is 0 Å². The third-order valence-electron chi connectivity index (χ3n) is 8.74. The zero-order chi connectivity index (χ0) is 37.6. The SMILES string of the molecule is COc1cc(OCc2cccc(-c3cccc(COc4cc(OC)c(CNCCCC(=O)O)cc4Cl)c3C)c2C)c(Cl)cc1CNCCCC(=O)O. The molecule has 0 saturated heterocycles. The van der Waals surface area contributed by atoms with E-state index in [0.29, 0.717) is 85.3 Å². The molecule has 0 saturated carbocycles. The number of carboxylic acid groups (broad SMARTS) is 2. The van der Waals surface area contributed by atoms with E-state index in [9.17, 15) is 9.59 Å². The predicted molar refractivity (Wildman–Crippen MR) is 203 cm³/mol. The summed E-state index contributed by atoms with van der Waals surface area (Å²) in [7, 11) is 3.18. The van der Waals surface area contributed by atoms with Crippen molar-refractivity contribution in [2.45, 2.75) is 65.8 Å². The van der Waals surface area contributed by atoms with Gasteiger partial charge in [-0.1, -0.05) is 59.6 Å². The quantitative estimate of drug-likeness (QED) is 0.0615. The second-order valence-electron chi connectivity index (χ2n) is 12.3. The summed E-state index contributed by atoms with van der Waals surface area (Å²) in [6.45, 7) is 6.84. The number of nitrogens with one attached hydrogen (secondary N) is 2. The van der Waals surface area contributed by atoms with Crippen molar-refractivity contribution >= 4 is 35.1 Å². The fraction of sp³-hybridized carbons (Fsp3) is 0.350. The van der Waals surface area contributed by atoms with Crippen molar-refractivity contribution in [2.75, 3.05) is 27.3 Å². The van der Waals surface area contributed by atoms with E-state index in [0.717, 1.165) is 44.5 Å². The molecular formula is C40H46Cl2N2O8. The Balaban J connectivity index is 1.43. The molecule has 0 aliphatic carbocycles. The third kappa shape index (κ3) is 11.3. The average molecular weight is 754 g/mol. The topological polar surface area (TPSA) is 136 Å². The first-order valence-corrected chi connectivity index (χ1v) is 17.8. The van der Waals surface area contributed by atoms with Crippen LogP contribution in [0, 0.1) is 13.8 Å². The maximum absolute atomic E-state index is 10.8. The molecule has 0 spiro atoms. The zero-order valence-electron chi connectivity index (χ0n) is 29.9. The highest BCUT2D eigenvalue weighted by Gasteiger charge is 2.16. The summed E-state index contributed by atoms with van der Waals surface area (Å²) in [4.78, 5) is 21.5. The Hall–Kier alpha value is -4.48. The van der Waals surface area contributed by atoms with Crippen LogP contribution in [0.25, 0.3) is 11.1 Å². The number of carboxylic acids is 2. The first kappa shape index (κ1) is 40.3. The Morgan fingerprint density at radius 1 is 0.615 bits per heavy atom. The van der Waals surface area contributed by atoms with Gasteiger partial charge in [-0.05, 0) is 85.3 Å². The molecule has 4 rings (SSSR count). The van der Waals surface area contributed by atoms with Crippen molar-refractivity contribution in [3.63, 3.8) is 0 Å². The highest BCUT2D eigenvalue weighted by Crippen LogP contribution is 2.36. The van der Waals surface area contributed by atoms with E-state index in [2.05, 4.69) is 36.6 Å². The number of hydrogen-bond acceptors (Lipinski definition) is 8. The lowest BCUT2D eigenvalue weighted by Crippen LogP contribution is -2.16. The summed E-state index contributed by atoms with van der Waals surface area (Å²) >= 11 is 13.3. The molecule has 0 amide bonds. The maximum atomic E-state index is 10.8. The monoisotopic (exact) mass is 752 g/mol. The molecule has 0 aliphatic rings. The van der Waals surface area contributed by atoms with Gasteiger partial charge < -0.3 is 39.8 Å². The lowest BCUT2D eigenvalue weighted by Gasteiger charge is -2.18. The minimum absolute atomic E-state index is 0.110. The van der Waals surface area contributed by atoms with Crippen molar-refractivity contribution in [3.05, 3.63) is 104 Å². The van der Waals surface area contributed by atoms with Crippen LogP contribution < -0.4 is 29.6 Å². The molecule has 0 aliphatic heterocycles. The van der Waals surface area contributed by atoms with Gasteiger partial charge >= 0.3 is 11.9 Å². The van der Waals surface area contributed by atoms with E-state index in [1.807, 2.05) is 36.4 Å². The van der Waals surface area contributed by atoms with Gasteiger partial charge in [0.25, 0.3) is 0 Å². The Morgan fingerprint density at radius 3 is 1.38 bits per heavy atom. The molecule has 0 atom stereocenters. The Kier molecular flexibility index (Phi) is 15.5. The Morgan fingerprint density at radius 2 is 1.02 bits per heavy atom. The molecule has 10 nitrogen and oxygen atoms in total. The molecule has 0 aromatic heterocycles. The van der Waals surface area contributed by atoms with Gasteiger partial charge in [0, 0.05) is 49.2 Å². The lowest BCUT2D eigenvalue weighted by atomic mass is 9.92. The molecule has 52 heavy (non-hydrogen) atoms. The van der Waals surface area contributed by atoms with Gasteiger partial charge in [0.05, 0.1) is 24.3 Å². The van der Waals surface area contributed by atoms with Crippen molar-refractivity contribution in [1.82, 2.24) is 10.6 Å². The number of carbonyl (C=O) groups is 2. The summed E-state index contributed by atoms with van der Waals surface area (Å²) in [6, 6.07) is 19.5. The molecule has 12 heteroatoms. The zero-order valence-corrected chi connectivity index (χ0v) is 31.5. The van der Waals surface area contributed by atoms with Gasteiger partial charge in [-0.25, -0.2) is 0 Å². The number of methoxy groups -OCH3 is 2. The van der Waals surface area contributed by atoms with E-state index in [-0.39, 0.29) is 12.8 Å². The number of halogens is 2. The number of hydrogen-bond donors (Lipinski definition) is 4. The lowest BCUT2D eigenvalue weighted by molar-refractivity contribution is -0.138. The second kappa shape index (κ2) is 19.9. The number of benzene rings is 4. The highest BCUT2D eigenvalue weighted by atomic mass is 35.5. The molecule has 0 heterocycles. The van der Waals surface area contributed by atoms with E-state index in [1.54, 1.807) is 26.4 Å². The van der Waals surface area contributed by atoms with Gasteiger partial charge in [0.1, 0.15) is 36.2 Å². The fourth-order valence-corrected chi connectivity index (χ4v) is 6.26. The van der Waals surface area contributed by atoms with Crippen LogP contribution in [-0.2, 0) is 35.9 Å². The summed E-state index contributed by atoms with van der Waals surface area (Å²) in [6.07, 6.45) is 1.28. The Bertz CT molecular complexity index is 1720. The van der Waals surface area contributed by atoms with Gasteiger partial charge in [-0.2, -0.15) is 0 Å². The fourth-order valence-electron chi connectivity index (χ4n) is 5.78. The van der Waals surface area contributed by atoms with E-state index in [1.165, 1.54) is 0 Å². The van der Waals surface area contributed by atoms with Gasteiger partial charge in [-0.15, -0.1) is 0 Å². The molecule has 4 aromatic carbocycles. The van der Waals surface area contributed by atoms with Gasteiger partial charge in [0.15, 0.2) is 0 Å². The molecule has 278 valence electrons. The molecule has 4 N–H and O–H groups in total. The summed E-state index contributed by atoms with van der Waals surface area (Å²) < 4.78 is 23.6. The van der Waals surface area contributed by atoms with Crippen molar-refractivity contribution in [1.29, 1.82) is 0 Å². The van der Waals surface area contributed by atoms with Crippen LogP contribution in [0.15, 0.2) is 60.7 Å². The van der Waals surface area contributed by atoms with Crippen LogP contribution in [0.1, 0.15) is 59.1 Å². The standard InChI is InChI=1S/C40H46Cl2N2O8/c1-25-27(23-51-37-19-35(49-3)29(17-33(37)41)21-43-15-7-13-39(45)46)9-5-11-31(25)32-12-6-10-28(26(32)2)24-52-38-20-36(50-4)30(18-34(38)42)22-44-16-8-14-40(47)48/h5-6,9-12,17-20,43-44H,7-8,13-16,21-24H2,1-4H3,(H,45,46)(H,47,48). The summed E-state index contributed by atoms with van der Waals surface area (Å²) in [5.74, 6) is 0.630. The number of ether oxygens (including phenoxy) is 4. The first-order chi connectivity index (χ1) is 25.0. The van der Waals surface area contributed by atoms with Crippen LogP contribution in [0.5, 0.6) is 23.0 Å². The predicted octanol–water partition coefficient (Wildman–Crippen LogP) is 8.36. The molecule has 0 fully saturated rings. The highest BCUT2D eigenvalue weighted by molar-refractivity contribution is 6.32. The largest absolute Gasteiger partial charge is 0.496 e. The first-order valence-electron chi connectivity index (χ1n) is 17.0. The third-order valence-corrected chi connectivity index (χ3v) is 9.33. The average Bonchev–Trinajstić information content (AvgIpc) is 3.11. The van der Waals surface area contributed by atoms with Crippen molar-refractivity contribution in [3.8, 4) is 34.1 Å². The van der Waals surface area contributed by atoms with E-state index < -0.39 is 11.9 Å². The minimum Gasteiger partial charge on any atom is -0.496 e. The number of aliphatic carboxylic acids is 2. The second-order valence-corrected chi connectivity index (χ2v) is 13.1. The van der Waals surface area contributed by atoms with Crippen molar-refractivity contribution < 1.29 is 38.7 Å². The minimum atomic E-state index is -0.816. The van der Waals surface area contributed by atoms with Crippen LogP contribution in [-0.4, -0.2) is 49.5 Å². The van der Waals surface area contributed by atoms with Crippen LogP contribution >= 0.6 is 23.2 Å². The van der Waals surface area contributed by atoms with Gasteiger partial charge in [-0.3, -0.25) is 9.59 Å². The molecule has 0 unspecified atom stereocenters. The van der Waals surface area contributed by atoms with Crippen LogP contribution in [0.2, 0.25) is 10.0 Å². The smallest absolute Gasteiger partial charge is 0.303 e. The van der Waals surface area contributed by atoms with E-state index in [4.69, 9.17) is 52.4 Å². The molecule has 0 bridgehead atoms. The summed E-state index contributed by atoms with van der Waals surface area (Å²) in [5, 5.41) is 25.1. The molecule has 0 radical (unpaired) electrons. The molecule has 4 aromatic rings. The number of rotatable bonds is 21. The van der Waals surface area contributed by atoms with E-state index >= 15 is 0 Å². The molecular weight excluding hydrogens is 707 g/mol. The normalized spacial score (nSPS) is 11.0.